The summed E-state index contributed by atoms with van der Waals surface area (Å²) in [6.45, 7) is 1.45. The molecule has 6 nitrogen and oxygen atoms in total. The number of hydrogen-bond donors (Lipinski definition) is 0. The number of para-hydroxylation sites is 1. The van der Waals surface area contributed by atoms with Crippen molar-refractivity contribution in [2.45, 2.75) is 6.92 Å². The second-order valence-corrected chi connectivity index (χ2v) is 6.93. The van der Waals surface area contributed by atoms with Gasteiger partial charge in [-0.3, -0.25) is 9.69 Å². The molecule has 0 saturated carbocycles. The number of ether oxygens (including phenoxy) is 1. The van der Waals surface area contributed by atoms with Gasteiger partial charge in [-0.05, 0) is 36.4 Å². The topological polar surface area (TPSA) is 71.9 Å². The molecule has 29 heavy (non-hydrogen) atoms. The number of anilines is 2. The number of halogens is 1. The van der Waals surface area contributed by atoms with E-state index in [9.17, 15) is 14.0 Å². The van der Waals surface area contributed by atoms with E-state index in [1.165, 1.54) is 47.4 Å². The van der Waals surface area contributed by atoms with E-state index < -0.39 is 11.8 Å². The van der Waals surface area contributed by atoms with E-state index in [0.717, 1.165) is 0 Å². The van der Waals surface area contributed by atoms with Gasteiger partial charge in [-0.15, -0.1) is 11.3 Å². The van der Waals surface area contributed by atoms with Crippen LogP contribution < -0.4 is 4.90 Å². The van der Waals surface area contributed by atoms with Crippen molar-refractivity contribution in [3.63, 3.8) is 0 Å². The van der Waals surface area contributed by atoms with E-state index in [-0.39, 0.29) is 17.5 Å². The minimum absolute atomic E-state index is 0.0332. The fourth-order valence-corrected chi connectivity index (χ4v) is 3.59. The fourth-order valence-electron chi connectivity index (χ4n) is 2.74. The first-order chi connectivity index (χ1) is 14.0. The molecule has 1 aliphatic heterocycles. The number of aliphatic imine (C=N–C) groups is 1. The van der Waals surface area contributed by atoms with Crippen LogP contribution in [0.3, 0.4) is 0 Å². The van der Waals surface area contributed by atoms with E-state index in [0.29, 0.717) is 22.1 Å². The van der Waals surface area contributed by atoms with Crippen molar-refractivity contribution in [3.8, 4) is 0 Å². The van der Waals surface area contributed by atoms with Crippen molar-refractivity contribution < 1.29 is 18.7 Å². The Balaban J connectivity index is 1.63. The highest BCUT2D eigenvalue weighted by Gasteiger charge is 2.25. The van der Waals surface area contributed by atoms with Crippen molar-refractivity contribution >= 4 is 46.0 Å². The van der Waals surface area contributed by atoms with Crippen molar-refractivity contribution in [2.75, 3.05) is 4.90 Å². The van der Waals surface area contributed by atoms with E-state index in [2.05, 4.69) is 9.98 Å². The van der Waals surface area contributed by atoms with Crippen LogP contribution in [-0.2, 0) is 14.3 Å². The molecule has 1 amide bonds. The monoisotopic (exact) mass is 407 g/mol. The molecular weight excluding hydrogens is 393 g/mol. The van der Waals surface area contributed by atoms with Crippen LogP contribution in [0.1, 0.15) is 18.2 Å². The number of esters is 1. The molecule has 0 bridgehead atoms. The summed E-state index contributed by atoms with van der Waals surface area (Å²) >= 11 is 1.26. The Hall–Kier alpha value is -3.65. The van der Waals surface area contributed by atoms with E-state index in [4.69, 9.17) is 4.74 Å². The van der Waals surface area contributed by atoms with Gasteiger partial charge in [0.25, 0.3) is 0 Å². The summed E-state index contributed by atoms with van der Waals surface area (Å²) in [6, 6.07) is 14.8. The van der Waals surface area contributed by atoms with E-state index >= 15 is 0 Å². The number of thiazole rings is 1. The molecule has 0 aliphatic carbocycles. The van der Waals surface area contributed by atoms with Crippen LogP contribution >= 0.6 is 11.3 Å². The van der Waals surface area contributed by atoms with Crippen LogP contribution in [-0.4, -0.2) is 22.8 Å². The van der Waals surface area contributed by atoms with Gasteiger partial charge in [0.05, 0.1) is 11.4 Å². The zero-order valence-corrected chi connectivity index (χ0v) is 16.0. The van der Waals surface area contributed by atoms with Gasteiger partial charge in [0.1, 0.15) is 5.82 Å². The summed E-state index contributed by atoms with van der Waals surface area (Å²) in [4.78, 5) is 34.3. The lowest BCUT2D eigenvalue weighted by atomic mass is 10.2. The molecule has 0 spiro atoms. The van der Waals surface area contributed by atoms with Gasteiger partial charge in [-0.25, -0.2) is 19.2 Å². The lowest BCUT2D eigenvalue weighted by Gasteiger charge is -2.17. The third-order valence-corrected chi connectivity index (χ3v) is 4.85. The predicted octanol–water partition coefficient (Wildman–Crippen LogP) is 4.31. The zero-order chi connectivity index (χ0) is 20.4. The Morgan fingerprint density at radius 2 is 1.97 bits per heavy atom. The maximum atomic E-state index is 13.4. The molecule has 8 heteroatoms. The molecule has 2 aromatic carbocycles. The standard InChI is InChI=1S/C21H14FN3O3S/c1-13(26)25(17-8-3-2-4-9-17)21-23-16(12-29-21)11-18-20(27)28-19(24-18)14-6-5-7-15(22)10-14/h2-12H,1H3/b18-11-. The van der Waals surface area contributed by atoms with E-state index in [1.807, 2.05) is 30.3 Å². The Kier molecular flexibility index (Phi) is 5.01. The molecule has 4 rings (SSSR count). The minimum atomic E-state index is -0.648. The number of carbonyl (C=O) groups is 2. The summed E-state index contributed by atoms with van der Waals surface area (Å²) in [6.07, 6.45) is 1.47. The predicted molar refractivity (Wildman–Crippen MR) is 108 cm³/mol. The first-order valence-electron chi connectivity index (χ1n) is 8.61. The highest BCUT2D eigenvalue weighted by atomic mass is 32.1. The number of carbonyl (C=O) groups excluding carboxylic acids is 2. The quantitative estimate of drug-likeness (QED) is 0.477. The van der Waals surface area contributed by atoms with Gasteiger partial charge in [0, 0.05) is 17.9 Å². The van der Waals surface area contributed by atoms with Crippen molar-refractivity contribution in [2.24, 2.45) is 4.99 Å². The molecule has 144 valence electrons. The van der Waals surface area contributed by atoms with E-state index in [1.54, 1.807) is 11.4 Å². The number of benzene rings is 2. The number of rotatable bonds is 4. The van der Waals surface area contributed by atoms with Crippen molar-refractivity contribution in [3.05, 3.63) is 82.7 Å². The molecular formula is C21H14FN3O3S. The molecule has 3 aromatic rings. The third-order valence-electron chi connectivity index (χ3n) is 4.01. The zero-order valence-electron chi connectivity index (χ0n) is 15.2. The summed E-state index contributed by atoms with van der Waals surface area (Å²) in [5.41, 5.74) is 1.58. The number of aromatic nitrogens is 1. The van der Waals surface area contributed by atoms with Crippen LogP contribution in [0.25, 0.3) is 6.08 Å². The van der Waals surface area contributed by atoms with Gasteiger partial charge in [0.15, 0.2) is 10.8 Å². The fraction of sp³-hybridized carbons (Fsp3) is 0.0476. The molecule has 0 atom stereocenters. The SMILES string of the molecule is CC(=O)N(c1ccccc1)c1nc(/C=C2\N=C(c3cccc(F)c3)OC2=O)cs1. The molecule has 0 saturated heterocycles. The summed E-state index contributed by atoms with van der Waals surface area (Å²) in [5, 5.41) is 2.18. The first-order valence-corrected chi connectivity index (χ1v) is 9.49. The largest absolute Gasteiger partial charge is 0.402 e. The number of cyclic esters (lactones) is 1. The highest BCUT2D eigenvalue weighted by Crippen LogP contribution is 2.30. The second kappa shape index (κ2) is 7.76. The molecule has 1 aliphatic rings. The van der Waals surface area contributed by atoms with Crippen LogP contribution in [0.2, 0.25) is 0 Å². The second-order valence-electron chi connectivity index (χ2n) is 6.09. The Bertz CT molecular complexity index is 1150. The maximum absolute atomic E-state index is 13.4. The van der Waals surface area contributed by atoms with Crippen LogP contribution in [0.4, 0.5) is 15.2 Å². The minimum Gasteiger partial charge on any atom is -0.402 e. The van der Waals surface area contributed by atoms with Crippen LogP contribution in [0, 0.1) is 5.82 Å². The molecule has 1 aromatic heterocycles. The molecule has 0 fully saturated rings. The van der Waals surface area contributed by atoms with Gasteiger partial charge < -0.3 is 4.74 Å². The van der Waals surface area contributed by atoms with Crippen LogP contribution in [0.5, 0.6) is 0 Å². The third kappa shape index (κ3) is 3.97. The Labute approximate surface area is 169 Å². The number of nitrogens with zero attached hydrogens (tertiary/aromatic N) is 3. The van der Waals surface area contributed by atoms with Crippen molar-refractivity contribution in [1.82, 2.24) is 4.98 Å². The Morgan fingerprint density at radius 1 is 1.17 bits per heavy atom. The number of amides is 1. The Morgan fingerprint density at radius 3 is 2.69 bits per heavy atom. The normalized spacial score (nSPS) is 14.6. The lowest BCUT2D eigenvalue weighted by molar-refractivity contribution is -0.130. The molecule has 0 unspecified atom stereocenters. The summed E-state index contributed by atoms with van der Waals surface area (Å²) in [7, 11) is 0. The van der Waals surface area contributed by atoms with Crippen LogP contribution in [0.15, 0.2) is 70.7 Å². The lowest BCUT2D eigenvalue weighted by Crippen LogP contribution is -2.22. The molecule has 0 radical (unpaired) electrons. The highest BCUT2D eigenvalue weighted by molar-refractivity contribution is 7.14. The van der Waals surface area contributed by atoms with Gasteiger partial charge in [0.2, 0.25) is 11.8 Å². The number of hydrogen-bond acceptors (Lipinski definition) is 6. The molecule has 0 N–H and O–H groups in total. The summed E-state index contributed by atoms with van der Waals surface area (Å²) in [5.74, 6) is -1.25. The maximum Gasteiger partial charge on any atom is 0.363 e. The average Bonchev–Trinajstić information content (AvgIpc) is 3.30. The summed E-state index contributed by atoms with van der Waals surface area (Å²) < 4.78 is 18.5. The smallest absolute Gasteiger partial charge is 0.363 e. The van der Waals surface area contributed by atoms with Gasteiger partial charge in [-0.2, -0.15) is 0 Å². The first kappa shape index (κ1) is 18.7. The van der Waals surface area contributed by atoms with Gasteiger partial charge >= 0.3 is 5.97 Å². The van der Waals surface area contributed by atoms with Crippen molar-refractivity contribution in [1.29, 1.82) is 0 Å². The van der Waals surface area contributed by atoms with Gasteiger partial charge in [-0.1, -0.05) is 24.3 Å². The average molecular weight is 407 g/mol. The molecule has 2 heterocycles.